The number of fused-ring (bicyclic) bond motifs is 3. The number of benzene rings is 1. The van der Waals surface area contributed by atoms with Crippen molar-refractivity contribution in [3.8, 4) is 12.3 Å². The lowest BCUT2D eigenvalue weighted by atomic mass is 9.76. The van der Waals surface area contributed by atoms with Gasteiger partial charge in [0.2, 0.25) is 0 Å². The lowest BCUT2D eigenvalue weighted by Gasteiger charge is -2.48. The van der Waals surface area contributed by atoms with Crippen molar-refractivity contribution in [2.45, 2.75) is 25.1 Å². The minimum Gasteiger partial charge on any atom is -0.336 e. The molecule has 7 heteroatoms. The van der Waals surface area contributed by atoms with Crippen LogP contribution >= 0.6 is 0 Å². The largest absolute Gasteiger partial charge is 0.416 e. The molecule has 2 amide bonds. The number of alkyl halides is 3. The normalized spacial score (nSPS) is 28.2. The van der Waals surface area contributed by atoms with Gasteiger partial charge in [0.25, 0.3) is 0 Å². The Balaban J connectivity index is 1.52. The standard InChI is InChI=1S/C18H20F3N3O/c1-2-12-11-24-7-6-13(12)8-16(24)10-22-17(25)23-15-5-3-4-14(9-15)18(19,20)21/h1,3-5,9,12-13,16H,6-8,10-11H2,(H2,22,23,25)/t12-,13-,16+/m0/s1. The van der Waals surface area contributed by atoms with Gasteiger partial charge in [0.1, 0.15) is 0 Å². The monoisotopic (exact) mass is 351 g/mol. The topological polar surface area (TPSA) is 44.4 Å². The van der Waals surface area contributed by atoms with E-state index in [2.05, 4.69) is 21.5 Å². The predicted molar refractivity (Wildman–Crippen MR) is 88.9 cm³/mol. The van der Waals surface area contributed by atoms with E-state index in [9.17, 15) is 18.0 Å². The summed E-state index contributed by atoms with van der Waals surface area (Å²) in [7, 11) is 0. The highest BCUT2D eigenvalue weighted by molar-refractivity contribution is 5.89. The third-order valence-corrected chi connectivity index (χ3v) is 5.04. The van der Waals surface area contributed by atoms with E-state index in [1.165, 1.54) is 12.1 Å². The van der Waals surface area contributed by atoms with Crippen LogP contribution in [0.3, 0.4) is 0 Å². The first-order valence-electron chi connectivity index (χ1n) is 8.29. The number of halogens is 3. The second-order valence-corrected chi connectivity index (χ2v) is 6.62. The van der Waals surface area contributed by atoms with Crippen LogP contribution in [0.15, 0.2) is 24.3 Å². The van der Waals surface area contributed by atoms with Gasteiger partial charge in [-0.2, -0.15) is 13.2 Å². The van der Waals surface area contributed by atoms with Crippen LogP contribution in [0.25, 0.3) is 0 Å². The Morgan fingerprint density at radius 3 is 2.84 bits per heavy atom. The van der Waals surface area contributed by atoms with E-state index in [1.54, 1.807) is 0 Å². The summed E-state index contributed by atoms with van der Waals surface area (Å²) < 4.78 is 38.1. The molecule has 0 aromatic heterocycles. The van der Waals surface area contributed by atoms with Gasteiger partial charge in [-0.25, -0.2) is 4.79 Å². The van der Waals surface area contributed by atoms with Crippen LogP contribution in [-0.4, -0.2) is 36.6 Å². The maximum Gasteiger partial charge on any atom is 0.416 e. The van der Waals surface area contributed by atoms with E-state index >= 15 is 0 Å². The molecule has 4 rings (SSSR count). The van der Waals surface area contributed by atoms with Crippen molar-refractivity contribution in [1.29, 1.82) is 0 Å². The molecule has 1 aromatic rings. The minimum atomic E-state index is -4.43. The number of anilines is 1. The summed E-state index contributed by atoms with van der Waals surface area (Å²) in [5.74, 6) is 3.61. The van der Waals surface area contributed by atoms with Crippen LogP contribution in [0.4, 0.5) is 23.7 Å². The van der Waals surface area contributed by atoms with Gasteiger partial charge >= 0.3 is 12.2 Å². The molecule has 0 aliphatic carbocycles. The summed E-state index contributed by atoms with van der Waals surface area (Å²) >= 11 is 0. The highest BCUT2D eigenvalue weighted by Gasteiger charge is 2.39. The predicted octanol–water partition coefficient (Wildman–Crippen LogP) is 3.17. The van der Waals surface area contributed by atoms with Crippen molar-refractivity contribution in [3.63, 3.8) is 0 Å². The molecule has 4 atom stereocenters. The summed E-state index contributed by atoms with van der Waals surface area (Å²) in [6, 6.07) is 4.31. The fraction of sp³-hybridized carbons (Fsp3) is 0.500. The van der Waals surface area contributed by atoms with Crippen LogP contribution in [0, 0.1) is 24.2 Å². The highest BCUT2D eigenvalue weighted by Crippen LogP contribution is 2.35. The van der Waals surface area contributed by atoms with Crippen molar-refractivity contribution in [3.05, 3.63) is 29.8 Å². The second kappa shape index (κ2) is 6.96. The minimum absolute atomic E-state index is 0.116. The third kappa shape index (κ3) is 4.07. The number of rotatable bonds is 3. The molecule has 0 radical (unpaired) electrons. The molecule has 0 spiro atoms. The molecule has 4 nitrogen and oxygen atoms in total. The number of hydrogen-bond acceptors (Lipinski definition) is 2. The summed E-state index contributed by atoms with van der Waals surface area (Å²) in [5.41, 5.74) is -0.675. The van der Waals surface area contributed by atoms with Gasteiger partial charge in [-0.1, -0.05) is 6.07 Å². The van der Waals surface area contributed by atoms with E-state index in [1.807, 2.05) is 0 Å². The molecule has 3 heterocycles. The molecule has 1 unspecified atom stereocenters. The first-order chi connectivity index (χ1) is 11.9. The molecule has 3 aliphatic heterocycles. The number of carbonyl (C=O) groups is 1. The zero-order valence-electron chi connectivity index (χ0n) is 13.6. The van der Waals surface area contributed by atoms with Gasteiger partial charge in [0.05, 0.1) is 5.56 Å². The van der Waals surface area contributed by atoms with Crippen molar-refractivity contribution >= 4 is 11.7 Å². The van der Waals surface area contributed by atoms with Crippen molar-refractivity contribution in [2.75, 3.05) is 25.0 Å². The fourth-order valence-electron chi connectivity index (χ4n) is 3.70. The van der Waals surface area contributed by atoms with E-state index < -0.39 is 17.8 Å². The maximum atomic E-state index is 12.7. The number of nitrogens with one attached hydrogen (secondary N) is 2. The summed E-state index contributed by atoms with van der Waals surface area (Å²) in [4.78, 5) is 14.3. The lowest BCUT2D eigenvalue weighted by molar-refractivity contribution is -0.137. The molecule has 2 bridgehead atoms. The number of nitrogens with zero attached hydrogens (tertiary/aromatic N) is 1. The summed E-state index contributed by atoms with van der Waals surface area (Å²) in [6.45, 7) is 2.28. The SMILES string of the molecule is C#C[C@H]1CN2CC[C@H]1C[C@@H]2CNC(=O)Nc1cccc(C(F)(F)F)c1. The lowest BCUT2D eigenvalue weighted by Crippen LogP contribution is -2.56. The number of piperidine rings is 3. The Morgan fingerprint density at radius 2 is 2.20 bits per heavy atom. The Labute approximate surface area is 144 Å². The number of amides is 2. The van der Waals surface area contributed by atoms with E-state index in [0.29, 0.717) is 12.5 Å². The summed E-state index contributed by atoms with van der Waals surface area (Å²) in [6.07, 6.45) is 3.14. The fourth-order valence-corrected chi connectivity index (χ4v) is 3.70. The Morgan fingerprint density at radius 1 is 1.40 bits per heavy atom. The average Bonchev–Trinajstić information content (AvgIpc) is 2.60. The molecule has 25 heavy (non-hydrogen) atoms. The van der Waals surface area contributed by atoms with Gasteiger partial charge < -0.3 is 10.6 Å². The Kier molecular flexibility index (Phi) is 4.91. The van der Waals surface area contributed by atoms with Gasteiger partial charge in [-0.3, -0.25) is 4.90 Å². The van der Waals surface area contributed by atoms with Crippen molar-refractivity contribution in [2.24, 2.45) is 11.8 Å². The van der Waals surface area contributed by atoms with E-state index in [-0.39, 0.29) is 17.6 Å². The van der Waals surface area contributed by atoms with Crippen LogP contribution in [0.5, 0.6) is 0 Å². The number of carbonyl (C=O) groups excluding carboxylic acids is 1. The Bertz CT molecular complexity index is 683. The van der Waals surface area contributed by atoms with E-state index in [0.717, 1.165) is 38.1 Å². The zero-order chi connectivity index (χ0) is 18.0. The van der Waals surface area contributed by atoms with Crippen molar-refractivity contribution < 1.29 is 18.0 Å². The second-order valence-electron chi connectivity index (χ2n) is 6.62. The molecular formula is C18H20F3N3O. The average molecular weight is 351 g/mol. The van der Waals surface area contributed by atoms with E-state index in [4.69, 9.17) is 6.42 Å². The van der Waals surface area contributed by atoms with Crippen LogP contribution in [0.1, 0.15) is 18.4 Å². The molecule has 2 N–H and O–H groups in total. The van der Waals surface area contributed by atoms with Crippen molar-refractivity contribution in [1.82, 2.24) is 10.2 Å². The van der Waals surface area contributed by atoms with Crippen LogP contribution in [-0.2, 0) is 6.18 Å². The van der Waals surface area contributed by atoms with Gasteiger partial charge in [-0.05, 0) is 43.5 Å². The molecule has 3 aliphatic rings. The molecule has 1 aromatic carbocycles. The van der Waals surface area contributed by atoms with Gasteiger partial charge in [-0.15, -0.1) is 12.3 Å². The van der Waals surface area contributed by atoms with Gasteiger partial charge in [0, 0.05) is 30.7 Å². The molecular weight excluding hydrogens is 331 g/mol. The highest BCUT2D eigenvalue weighted by atomic mass is 19.4. The number of terminal acetylenes is 1. The first kappa shape index (κ1) is 17.6. The number of hydrogen-bond donors (Lipinski definition) is 2. The smallest absolute Gasteiger partial charge is 0.336 e. The summed E-state index contributed by atoms with van der Waals surface area (Å²) in [5, 5.41) is 5.21. The zero-order valence-corrected chi connectivity index (χ0v) is 13.6. The maximum absolute atomic E-state index is 12.7. The van der Waals surface area contributed by atoms with Crippen LogP contribution < -0.4 is 10.6 Å². The first-order valence-corrected chi connectivity index (χ1v) is 8.29. The van der Waals surface area contributed by atoms with Gasteiger partial charge in [0.15, 0.2) is 0 Å². The molecule has 3 fully saturated rings. The Hall–Kier alpha value is -2.20. The molecule has 0 saturated carbocycles. The quantitative estimate of drug-likeness (QED) is 0.822. The number of urea groups is 1. The molecule has 3 saturated heterocycles. The van der Waals surface area contributed by atoms with Crippen LogP contribution in [0.2, 0.25) is 0 Å². The molecule has 134 valence electrons. The third-order valence-electron chi connectivity index (χ3n) is 5.04.